The molecule has 1 rings (SSSR count). The minimum atomic E-state index is 0.307. The van der Waals surface area contributed by atoms with Gasteiger partial charge >= 0.3 is 0 Å². The lowest BCUT2D eigenvalue weighted by Gasteiger charge is -2.45. The lowest BCUT2D eigenvalue weighted by Crippen LogP contribution is -2.58. The van der Waals surface area contributed by atoms with E-state index in [0.717, 1.165) is 26.2 Å². The van der Waals surface area contributed by atoms with Crippen molar-refractivity contribution in [1.29, 1.82) is 0 Å². The van der Waals surface area contributed by atoms with Gasteiger partial charge in [0.15, 0.2) is 0 Å². The van der Waals surface area contributed by atoms with Crippen LogP contribution in [0.1, 0.15) is 47.5 Å². The normalized spacial score (nSPS) is 27.5. The van der Waals surface area contributed by atoms with E-state index in [1.807, 2.05) is 0 Å². The summed E-state index contributed by atoms with van der Waals surface area (Å²) >= 11 is 0. The van der Waals surface area contributed by atoms with Crippen molar-refractivity contribution in [3.05, 3.63) is 0 Å². The summed E-state index contributed by atoms with van der Waals surface area (Å²) in [6, 6.07) is 1.63. The Labute approximate surface area is 113 Å². The van der Waals surface area contributed by atoms with E-state index in [-0.39, 0.29) is 0 Å². The molecule has 0 bridgehead atoms. The second-order valence-corrected chi connectivity index (χ2v) is 6.70. The molecule has 0 radical (unpaired) electrons. The van der Waals surface area contributed by atoms with E-state index < -0.39 is 0 Å². The van der Waals surface area contributed by atoms with Crippen molar-refractivity contribution >= 4 is 0 Å². The number of nitrogens with zero attached hydrogens (tertiary/aromatic N) is 1. The van der Waals surface area contributed by atoms with Crippen LogP contribution in [0.15, 0.2) is 0 Å². The maximum absolute atomic E-state index is 5.69. The molecule has 3 heteroatoms. The molecule has 0 spiro atoms. The number of rotatable bonds is 5. The Bertz CT molecular complexity index is 237. The quantitative estimate of drug-likeness (QED) is 0.818. The highest BCUT2D eigenvalue weighted by atomic mass is 16.5. The molecular formula is C15H32N2O. The standard InChI is InChI=1S/C15H32N2O/c1-7-9-16-13-8-10-18-11-14(13)17(6)12(2)15(3,4)5/h12-14,16H,7-11H2,1-6H3. The first-order valence-corrected chi connectivity index (χ1v) is 7.41. The van der Waals surface area contributed by atoms with E-state index in [9.17, 15) is 0 Å². The van der Waals surface area contributed by atoms with Gasteiger partial charge in [-0.15, -0.1) is 0 Å². The summed E-state index contributed by atoms with van der Waals surface area (Å²) in [6.45, 7) is 14.4. The zero-order valence-corrected chi connectivity index (χ0v) is 13.1. The Balaban J connectivity index is 2.64. The van der Waals surface area contributed by atoms with Gasteiger partial charge in [-0.05, 0) is 38.8 Å². The van der Waals surface area contributed by atoms with Crippen LogP contribution in [-0.2, 0) is 4.74 Å². The van der Waals surface area contributed by atoms with E-state index in [2.05, 4.69) is 51.9 Å². The SMILES string of the molecule is CCCNC1CCOCC1N(C)C(C)C(C)(C)C. The lowest BCUT2D eigenvalue weighted by molar-refractivity contribution is -0.0232. The molecule has 1 N–H and O–H groups in total. The molecule has 1 aliphatic heterocycles. The van der Waals surface area contributed by atoms with Crippen LogP contribution in [-0.4, -0.2) is 49.8 Å². The van der Waals surface area contributed by atoms with Gasteiger partial charge in [-0.1, -0.05) is 27.7 Å². The van der Waals surface area contributed by atoms with Crippen LogP contribution in [0, 0.1) is 5.41 Å². The highest BCUT2D eigenvalue weighted by molar-refractivity contribution is 4.90. The summed E-state index contributed by atoms with van der Waals surface area (Å²) in [5.41, 5.74) is 0.307. The van der Waals surface area contributed by atoms with Gasteiger partial charge in [-0.25, -0.2) is 0 Å². The van der Waals surface area contributed by atoms with Crippen molar-refractivity contribution in [1.82, 2.24) is 10.2 Å². The zero-order valence-electron chi connectivity index (χ0n) is 13.1. The first-order chi connectivity index (χ1) is 8.38. The topological polar surface area (TPSA) is 24.5 Å². The molecule has 0 aliphatic carbocycles. The van der Waals surface area contributed by atoms with Crippen LogP contribution < -0.4 is 5.32 Å². The Morgan fingerprint density at radius 1 is 1.39 bits per heavy atom. The zero-order chi connectivity index (χ0) is 13.8. The van der Waals surface area contributed by atoms with Gasteiger partial charge in [0.2, 0.25) is 0 Å². The molecular weight excluding hydrogens is 224 g/mol. The van der Waals surface area contributed by atoms with Gasteiger partial charge in [0.25, 0.3) is 0 Å². The van der Waals surface area contributed by atoms with Crippen molar-refractivity contribution < 1.29 is 4.74 Å². The van der Waals surface area contributed by atoms with Crippen LogP contribution in [0.3, 0.4) is 0 Å². The predicted octanol–water partition coefficient (Wildman–Crippen LogP) is 2.51. The van der Waals surface area contributed by atoms with Gasteiger partial charge in [0.1, 0.15) is 0 Å². The van der Waals surface area contributed by atoms with Gasteiger partial charge in [-0.3, -0.25) is 4.90 Å². The summed E-state index contributed by atoms with van der Waals surface area (Å²) in [7, 11) is 2.25. The average molecular weight is 256 g/mol. The molecule has 0 amide bonds. The summed E-state index contributed by atoms with van der Waals surface area (Å²) < 4.78 is 5.69. The third-order valence-corrected chi connectivity index (χ3v) is 4.37. The summed E-state index contributed by atoms with van der Waals surface area (Å²) in [5.74, 6) is 0. The van der Waals surface area contributed by atoms with Crippen LogP contribution in [0.25, 0.3) is 0 Å². The van der Waals surface area contributed by atoms with Crippen LogP contribution in [0.5, 0.6) is 0 Å². The molecule has 1 fully saturated rings. The number of ether oxygens (including phenoxy) is 1. The van der Waals surface area contributed by atoms with Gasteiger partial charge in [0, 0.05) is 24.7 Å². The summed E-state index contributed by atoms with van der Waals surface area (Å²) in [6.07, 6.45) is 2.33. The Kier molecular flexibility index (Phi) is 6.09. The first kappa shape index (κ1) is 15.9. The molecule has 18 heavy (non-hydrogen) atoms. The van der Waals surface area contributed by atoms with E-state index in [4.69, 9.17) is 4.74 Å². The van der Waals surface area contributed by atoms with Gasteiger partial charge in [0.05, 0.1) is 6.61 Å². The van der Waals surface area contributed by atoms with Crippen molar-refractivity contribution in [2.75, 3.05) is 26.8 Å². The maximum atomic E-state index is 5.69. The first-order valence-electron chi connectivity index (χ1n) is 7.41. The molecule has 0 aromatic heterocycles. The number of likely N-dealkylation sites (N-methyl/N-ethyl adjacent to an activating group) is 1. The smallest absolute Gasteiger partial charge is 0.0637 e. The Hall–Kier alpha value is -0.120. The molecule has 1 saturated heterocycles. The fourth-order valence-electron chi connectivity index (χ4n) is 2.59. The summed E-state index contributed by atoms with van der Waals surface area (Å²) in [4.78, 5) is 2.51. The molecule has 3 nitrogen and oxygen atoms in total. The third-order valence-electron chi connectivity index (χ3n) is 4.37. The van der Waals surface area contributed by atoms with Gasteiger partial charge < -0.3 is 10.1 Å². The third kappa shape index (κ3) is 4.22. The van der Waals surface area contributed by atoms with Crippen molar-refractivity contribution in [3.63, 3.8) is 0 Å². The largest absolute Gasteiger partial charge is 0.380 e. The summed E-state index contributed by atoms with van der Waals surface area (Å²) in [5, 5.41) is 3.69. The Morgan fingerprint density at radius 3 is 2.61 bits per heavy atom. The average Bonchev–Trinajstić information content (AvgIpc) is 2.33. The van der Waals surface area contributed by atoms with Crippen LogP contribution in [0.4, 0.5) is 0 Å². The predicted molar refractivity (Wildman–Crippen MR) is 78.0 cm³/mol. The highest BCUT2D eigenvalue weighted by Crippen LogP contribution is 2.26. The van der Waals surface area contributed by atoms with Crippen LogP contribution >= 0.6 is 0 Å². The fraction of sp³-hybridized carbons (Fsp3) is 1.00. The molecule has 0 aromatic rings. The number of hydrogen-bond donors (Lipinski definition) is 1. The monoisotopic (exact) mass is 256 g/mol. The molecule has 108 valence electrons. The maximum Gasteiger partial charge on any atom is 0.0637 e. The van der Waals surface area contributed by atoms with Crippen LogP contribution in [0.2, 0.25) is 0 Å². The highest BCUT2D eigenvalue weighted by Gasteiger charge is 2.34. The number of hydrogen-bond acceptors (Lipinski definition) is 3. The lowest BCUT2D eigenvalue weighted by atomic mass is 9.85. The molecule has 1 aliphatic rings. The molecule has 3 atom stereocenters. The fourth-order valence-corrected chi connectivity index (χ4v) is 2.59. The molecule has 0 aromatic carbocycles. The van der Waals surface area contributed by atoms with Crippen molar-refractivity contribution in [2.24, 2.45) is 5.41 Å². The molecule has 1 heterocycles. The van der Waals surface area contributed by atoms with E-state index in [1.54, 1.807) is 0 Å². The second kappa shape index (κ2) is 6.88. The molecule has 0 saturated carbocycles. The van der Waals surface area contributed by atoms with Gasteiger partial charge in [-0.2, -0.15) is 0 Å². The van der Waals surface area contributed by atoms with E-state index >= 15 is 0 Å². The van der Waals surface area contributed by atoms with Crippen molar-refractivity contribution in [3.8, 4) is 0 Å². The minimum absolute atomic E-state index is 0.307. The Morgan fingerprint density at radius 2 is 2.06 bits per heavy atom. The molecule has 3 unspecified atom stereocenters. The minimum Gasteiger partial charge on any atom is -0.380 e. The second-order valence-electron chi connectivity index (χ2n) is 6.70. The van der Waals surface area contributed by atoms with E-state index in [0.29, 0.717) is 23.5 Å². The number of nitrogens with one attached hydrogen (secondary N) is 1. The van der Waals surface area contributed by atoms with E-state index in [1.165, 1.54) is 6.42 Å². The van der Waals surface area contributed by atoms with Crippen molar-refractivity contribution in [2.45, 2.75) is 65.6 Å².